The van der Waals surface area contributed by atoms with Gasteiger partial charge in [0, 0.05) is 6.61 Å². The number of aliphatic hydroxyl groups excluding tert-OH is 3. The molecule has 0 spiro atoms. The molecule has 0 aromatic rings. The summed E-state index contributed by atoms with van der Waals surface area (Å²) in [6.45, 7) is 3.08. The van der Waals surface area contributed by atoms with Crippen LogP contribution in [0.1, 0.15) is 96.8 Å². The van der Waals surface area contributed by atoms with Gasteiger partial charge in [-0.2, -0.15) is 0 Å². The van der Waals surface area contributed by atoms with Gasteiger partial charge >= 0.3 is 0 Å². The quantitative estimate of drug-likeness (QED) is 0.214. The fourth-order valence-electron chi connectivity index (χ4n) is 3.72. The highest BCUT2D eigenvalue weighted by molar-refractivity contribution is 4.87. The van der Waals surface area contributed by atoms with E-state index in [0.29, 0.717) is 6.61 Å². The Morgan fingerprint density at radius 3 is 1.97 bits per heavy atom. The zero-order valence-corrected chi connectivity index (χ0v) is 18.6. The van der Waals surface area contributed by atoms with Crippen molar-refractivity contribution >= 4 is 0 Å². The molecule has 1 aliphatic rings. The van der Waals surface area contributed by atoms with Gasteiger partial charge < -0.3 is 24.8 Å². The molecule has 4 atom stereocenters. The minimum Gasteiger partial charge on any atom is -0.388 e. The van der Waals surface area contributed by atoms with Crippen molar-refractivity contribution < 1.29 is 24.8 Å². The van der Waals surface area contributed by atoms with Crippen LogP contribution in [0.25, 0.3) is 0 Å². The Bertz CT molecular complexity index is 387. The number of allylic oxidation sites excluding steroid dienone is 2. The maximum absolute atomic E-state index is 9.94. The molecule has 0 amide bonds. The maximum Gasteiger partial charge on any atom is 0.114 e. The number of ether oxygens (including phenoxy) is 2. The molecular formula is C24H46O5. The van der Waals surface area contributed by atoms with E-state index < -0.39 is 24.4 Å². The van der Waals surface area contributed by atoms with E-state index in [2.05, 4.69) is 19.1 Å². The summed E-state index contributed by atoms with van der Waals surface area (Å²) in [5.74, 6) is 0. The number of aliphatic hydroxyl groups is 3. The number of unbranched alkanes of at least 4 members (excludes halogenated alkanes) is 12. The van der Waals surface area contributed by atoms with Crippen molar-refractivity contribution in [3.8, 4) is 0 Å². The van der Waals surface area contributed by atoms with Crippen LogP contribution < -0.4 is 0 Å². The predicted octanol–water partition coefficient (Wildman–Crippen LogP) is 4.52. The van der Waals surface area contributed by atoms with Crippen molar-refractivity contribution in [1.82, 2.24) is 0 Å². The zero-order chi connectivity index (χ0) is 21.2. The fourth-order valence-corrected chi connectivity index (χ4v) is 3.72. The van der Waals surface area contributed by atoms with Gasteiger partial charge in [0.25, 0.3) is 0 Å². The van der Waals surface area contributed by atoms with E-state index in [0.717, 1.165) is 12.8 Å². The van der Waals surface area contributed by atoms with E-state index in [1.165, 1.54) is 77.0 Å². The van der Waals surface area contributed by atoms with E-state index >= 15 is 0 Å². The average Bonchev–Trinajstić information content (AvgIpc) is 3.05. The number of rotatable bonds is 19. The van der Waals surface area contributed by atoms with Crippen LogP contribution in [0.4, 0.5) is 0 Å². The fraction of sp³-hybridized carbons (Fsp3) is 0.917. The Kier molecular flexibility index (Phi) is 16.8. The van der Waals surface area contributed by atoms with Crippen LogP contribution in [-0.4, -0.2) is 59.6 Å². The average molecular weight is 415 g/mol. The summed E-state index contributed by atoms with van der Waals surface area (Å²) >= 11 is 0. The van der Waals surface area contributed by atoms with Crippen LogP contribution in [0.3, 0.4) is 0 Å². The SMILES string of the molecule is CCCCCCCCC/C=C/CCCCCCCOC[C@H](O)[C@H]1OC[C@@H](O)[C@H]1O. The molecule has 1 rings (SSSR count). The lowest BCUT2D eigenvalue weighted by atomic mass is 10.1. The smallest absolute Gasteiger partial charge is 0.114 e. The van der Waals surface area contributed by atoms with Crippen molar-refractivity contribution in [1.29, 1.82) is 0 Å². The molecule has 1 aliphatic heterocycles. The molecule has 3 N–H and O–H groups in total. The third-order valence-electron chi connectivity index (χ3n) is 5.66. The standard InChI is InChI=1S/C24H46O5/c1-2-3-4-5-6-7-8-9-10-11-12-13-14-15-16-17-18-28-19-22(26)24-23(27)21(25)20-29-24/h10-11,21-27H,2-9,12-20H2,1H3/b11-10+/t21-,22+,23-,24-/m1/s1. The van der Waals surface area contributed by atoms with Gasteiger partial charge in [-0.15, -0.1) is 0 Å². The van der Waals surface area contributed by atoms with E-state index in [-0.39, 0.29) is 13.2 Å². The van der Waals surface area contributed by atoms with Crippen LogP contribution in [0.2, 0.25) is 0 Å². The topological polar surface area (TPSA) is 79.2 Å². The normalized spacial score (nSPS) is 23.2. The summed E-state index contributed by atoms with van der Waals surface area (Å²) in [5, 5.41) is 29.0. The Morgan fingerprint density at radius 1 is 0.862 bits per heavy atom. The molecule has 0 aromatic carbocycles. The molecule has 1 heterocycles. The van der Waals surface area contributed by atoms with Crippen molar-refractivity contribution in [2.24, 2.45) is 0 Å². The van der Waals surface area contributed by atoms with E-state index in [1.807, 2.05) is 0 Å². The molecular weight excluding hydrogens is 368 g/mol. The molecule has 0 saturated carbocycles. The molecule has 5 nitrogen and oxygen atoms in total. The minimum atomic E-state index is -1.03. The molecule has 1 fully saturated rings. The second kappa shape index (κ2) is 18.3. The Morgan fingerprint density at radius 2 is 1.41 bits per heavy atom. The minimum absolute atomic E-state index is 0.0667. The maximum atomic E-state index is 9.94. The molecule has 0 aromatic heterocycles. The lowest BCUT2D eigenvalue weighted by molar-refractivity contribution is -0.0813. The van der Waals surface area contributed by atoms with Crippen LogP contribution in [0, 0.1) is 0 Å². The van der Waals surface area contributed by atoms with Gasteiger partial charge in [0.1, 0.15) is 24.4 Å². The number of hydrogen-bond donors (Lipinski definition) is 3. The third kappa shape index (κ3) is 13.5. The summed E-state index contributed by atoms with van der Waals surface area (Å²) in [6, 6.07) is 0. The first-order chi connectivity index (χ1) is 14.2. The first kappa shape index (κ1) is 26.6. The van der Waals surface area contributed by atoms with Crippen molar-refractivity contribution in [2.45, 2.75) is 121 Å². The predicted molar refractivity (Wildman–Crippen MR) is 118 cm³/mol. The van der Waals surface area contributed by atoms with Crippen LogP contribution in [-0.2, 0) is 9.47 Å². The largest absolute Gasteiger partial charge is 0.388 e. The third-order valence-corrected chi connectivity index (χ3v) is 5.66. The van der Waals surface area contributed by atoms with E-state index in [9.17, 15) is 15.3 Å². The Labute approximate surface area is 178 Å². The molecule has 5 heteroatoms. The first-order valence-corrected chi connectivity index (χ1v) is 12.0. The van der Waals surface area contributed by atoms with Gasteiger partial charge in [0.15, 0.2) is 0 Å². The van der Waals surface area contributed by atoms with Gasteiger partial charge in [-0.25, -0.2) is 0 Å². The lowest BCUT2D eigenvalue weighted by Gasteiger charge is -2.20. The summed E-state index contributed by atoms with van der Waals surface area (Å²) in [5.41, 5.74) is 0. The lowest BCUT2D eigenvalue weighted by Crippen LogP contribution is -2.40. The highest BCUT2D eigenvalue weighted by Gasteiger charge is 2.39. The van der Waals surface area contributed by atoms with Crippen molar-refractivity contribution in [3.05, 3.63) is 12.2 Å². The molecule has 1 saturated heterocycles. The summed E-state index contributed by atoms with van der Waals surface area (Å²) in [4.78, 5) is 0. The molecule has 0 unspecified atom stereocenters. The molecule has 0 bridgehead atoms. The van der Waals surface area contributed by atoms with Crippen LogP contribution >= 0.6 is 0 Å². The molecule has 29 heavy (non-hydrogen) atoms. The van der Waals surface area contributed by atoms with Gasteiger partial charge in [0.2, 0.25) is 0 Å². The van der Waals surface area contributed by atoms with Crippen LogP contribution in [0.5, 0.6) is 0 Å². The summed E-state index contributed by atoms with van der Waals surface area (Å²) in [7, 11) is 0. The van der Waals surface area contributed by atoms with Gasteiger partial charge in [-0.3, -0.25) is 0 Å². The van der Waals surface area contributed by atoms with E-state index in [1.54, 1.807) is 0 Å². The van der Waals surface area contributed by atoms with Crippen LogP contribution in [0.15, 0.2) is 12.2 Å². The zero-order valence-electron chi connectivity index (χ0n) is 18.6. The number of hydrogen-bond acceptors (Lipinski definition) is 5. The Balaban J connectivity index is 1.79. The molecule has 0 aliphatic carbocycles. The molecule has 0 radical (unpaired) electrons. The van der Waals surface area contributed by atoms with Gasteiger partial charge in [-0.05, 0) is 32.1 Å². The second-order valence-electron chi connectivity index (χ2n) is 8.44. The highest BCUT2D eigenvalue weighted by Crippen LogP contribution is 2.18. The monoisotopic (exact) mass is 414 g/mol. The summed E-state index contributed by atoms with van der Waals surface area (Å²) in [6.07, 6.45) is 19.0. The highest BCUT2D eigenvalue weighted by atomic mass is 16.5. The summed E-state index contributed by atoms with van der Waals surface area (Å²) < 4.78 is 10.7. The van der Waals surface area contributed by atoms with Crippen molar-refractivity contribution in [2.75, 3.05) is 19.8 Å². The van der Waals surface area contributed by atoms with Gasteiger partial charge in [-0.1, -0.05) is 76.9 Å². The van der Waals surface area contributed by atoms with Crippen molar-refractivity contribution in [3.63, 3.8) is 0 Å². The Hall–Kier alpha value is -0.460. The molecule has 172 valence electrons. The second-order valence-corrected chi connectivity index (χ2v) is 8.44. The first-order valence-electron chi connectivity index (χ1n) is 12.0. The van der Waals surface area contributed by atoms with E-state index in [4.69, 9.17) is 9.47 Å². The van der Waals surface area contributed by atoms with Gasteiger partial charge in [0.05, 0.1) is 13.2 Å².